The molecule has 0 fully saturated rings. The lowest BCUT2D eigenvalue weighted by Gasteiger charge is -2.03. The van der Waals surface area contributed by atoms with Crippen LogP contribution in [0.3, 0.4) is 0 Å². The van der Waals surface area contributed by atoms with E-state index in [1.165, 1.54) is 10.8 Å². The fourth-order valence-electron chi connectivity index (χ4n) is 1.50. The molecule has 0 spiro atoms. The lowest BCUT2D eigenvalue weighted by atomic mass is 10.1. The quantitative estimate of drug-likeness (QED) is 0.630. The van der Waals surface area contributed by atoms with Crippen molar-refractivity contribution >= 4 is 22.4 Å². The fourth-order valence-corrected chi connectivity index (χ4v) is 1.72. The third kappa shape index (κ3) is 1.52. The van der Waals surface area contributed by atoms with Gasteiger partial charge in [-0.15, -0.1) is 0 Å². The molecular weight excluding hydrogens is 182 g/mol. The number of aryl methyl sites for hydroxylation is 1. The predicted octanol–water partition coefficient (Wildman–Crippen LogP) is 3.45. The second kappa shape index (κ2) is 3.35. The predicted molar refractivity (Wildman–Crippen MR) is 56.1 cm³/mol. The van der Waals surface area contributed by atoms with Gasteiger partial charge in [-0.25, -0.2) is 4.98 Å². The lowest BCUT2D eigenvalue weighted by Crippen LogP contribution is -1.89. The SMILES string of the molecule is CCc1nc(Cl)cc2ccccc12. The van der Waals surface area contributed by atoms with Crippen LogP contribution in [0, 0.1) is 0 Å². The lowest BCUT2D eigenvalue weighted by molar-refractivity contribution is 1.06. The van der Waals surface area contributed by atoms with Crippen molar-refractivity contribution in [2.24, 2.45) is 0 Å². The van der Waals surface area contributed by atoms with Crippen LogP contribution in [-0.2, 0) is 6.42 Å². The minimum absolute atomic E-state index is 0.579. The molecule has 1 aromatic carbocycles. The van der Waals surface area contributed by atoms with Gasteiger partial charge in [0.25, 0.3) is 0 Å². The summed E-state index contributed by atoms with van der Waals surface area (Å²) in [5.74, 6) is 0. The van der Waals surface area contributed by atoms with Crippen molar-refractivity contribution in [1.82, 2.24) is 4.98 Å². The van der Waals surface area contributed by atoms with Crippen molar-refractivity contribution in [3.05, 3.63) is 41.2 Å². The molecule has 1 aromatic heterocycles. The Hall–Kier alpha value is -1.08. The van der Waals surface area contributed by atoms with Crippen molar-refractivity contribution in [3.63, 3.8) is 0 Å². The summed E-state index contributed by atoms with van der Waals surface area (Å²) in [6.07, 6.45) is 0.918. The van der Waals surface area contributed by atoms with E-state index in [4.69, 9.17) is 11.6 Å². The summed E-state index contributed by atoms with van der Waals surface area (Å²) < 4.78 is 0. The van der Waals surface area contributed by atoms with Gasteiger partial charge in [-0.3, -0.25) is 0 Å². The molecule has 0 aliphatic rings. The zero-order valence-corrected chi connectivity index (χ0v) is 8.17. The molecule has 1 heterocycles. The molecule has 0 radical (unpaired) electrons. The van der Waals surface area contributed by atoms with E-state index in [-0.39, 0.29) is 0 Å². The molecule has 2 rings (SSSR count). The minimum Gasteiger partial charge on any atom is -0.241 e. The van der Waals surface area contributed by atoms with E-state index < -0.39 is 0 Å². The monoisotopic (exact) mass is 191 g/mol. The molecule has 66 valence electrons. The topological polar surface area (TPSA) is 12.9 Å². The fraction of sp³-hybridized carbons (Fsp3) is 0.182. The van der Waals surface area contributed by atoms with Gasteiger partial charge in [-0.05, 0) is 17.9 Å². The van der Waals surface area contributed by atoms with Gasteiger partial charge < -0.3 is 0 Å². The van der Waals surface area contributed by atoms with Crippen LogP contribution in [0.1, 0.15) is 12.6 Å². The van der Waals surface area contributed by atoms with Crippen molar-refractivity contribution in [2.45, 2.75) is 13.3 Å². The normalized spacial score (nSPS) is 10.6. The molecule has 0 unspecified atom stereocenters. The van der Waals surface area contributed by atoms with Gasteiger partial charge >= 0.3 is 0 Å². The maximum absolute atomic E-state index is 5.89. The molecule has 0 bridgehead atoms. The third-order valence-corrected chi connectivity index (χ3v) is 2.32. The highest BCUT2D eigenvalue weighted by atomic mass is 35.5. The first-order valence-electron chi connectivity index (χ1n) is 4.35. The van der Waals surface area contributed by atoms with Crippen LogP contribution in [0.5, 0.6) is 0 Å². The zero-order chi connectivity index (χ0) is 9.26. The van der Waals surface area contributed by atoms with Gasteiger partial charge in [-0.2, -0.15) is 0 Å². The Balaban J connectivity index is 2.81. The number of benzene rings is 1. The molecule has 2 heteroatoms. The molecule has 0 saturated heterocycles. The average molecular weight is 192 g/mol. The highest BCUT2D eigenvalue weighted by molar-refractivity contribution is 6.30. The van der Waals surface area contributed by atoms with Crippen LogP contribution in [0.4, 0.5) is 0 Å². The van der Waals surface area contributed by atoms with E-state index in [1.807, 2.05) is 18.2 Å². The van der Waals surface area contributed by atoms with Crippen LogP contribution in [-0.4, -0.2) is 4.98 Å². The smallest absolute Gasteiger partial charge is 0.129 e. The van der Waals surface area contributed by atoms with Crippen molar-refractivity contribution in [2.75, 3.05) is 0 Å². The van der Waals surface area contributed by atoms with E-state index >= 15 is 0 Å². The Labute approximate surface area is 82.4 Å². The third-order valence-electron chi connectivity index (χ3n) is 2.12. The molecule has 0 aliphatic carbocycles. The van der Waals surface area contributed by atoms with Crippen molar-refractivity contribution in [1.29, 1.82) is 0 Å². The summed E-state index contributed by atoms with van der Waals surface area (Å²) >= 11 is 5.89. The van der Waals surface area contributed by atoms with E-state index in [0.717, 1.165) is 12.1 Å². The molecule has 0 aliphatic heterocycles. The molecular formula is C11H10ClN. The molecule has 0 amide bonds. The van der Waals surface area contributed by atoms with Gasteiger partial charge in [0.2, 0.25) is 0 Å². The Morgan fingerprint density at radius 2 is 2.08 bits per heavy atom. The Morgan fingerprint density at radius 1 is 1.31 bits per heavy atom. The number of fused-ring (bicyclic) bond motifs is 1. The first-order valence-corrected chi connectivity index (χ1v) is 4.73. The average Bonchev–Trinajstić information content (AvgIpc) is 2.16. The van der Waals surface area contributed by atoms with Crippen LogP contribution >= 0.6 is 11.6 Å². The molecule has 0 N–H and O–H groups in total. The highest BCUT2D eigenvalue weighted by Gasteiger charge is 2.01. The summed E-state index contributed by atoms with van der Waals surface area (Å²) in [5.41, 5.74) is 1.07. The van der Waals surface area contributed by atoms with Crippen molar-refractivity contribution < 1.29 is 0 Å². The van der Waals surface area contributed by atoms with Gasteiger partial charge in [0.05, 0.1) is 0 Å². The first kappa shape index (κ1) is 8.52. The second-order valence-corrected chi connectivity index (χ2v) is 3.35. The summed E-state index contributed by atoms with van der Waals surface area (Å²) in [4.78, 5) is 4.29. The number of hydrogen-bond donors (Lipinski definition) is 0. The number of aromatic nitrogens is 1. The summed E-state index contributed by atoms with van der Waals surface area (Å²) in [6, 6.07) is 10.1. The Bertz CT molecular complexity index is 437. The zero-order valence-electron chi connectivity index (χ0n) is 7.42. The number of rotatable bonds is 1. The Morgan fingerprint density at radius 3 is 2.85 bits per heavy atom. The van der Waals surface area contributed by atoms with Gasteiger partial charge in [0.15, 0.2) is 0 Å². The van der Waals surface area contributed by atoms with E-state index in [2.05, 4.69) is 24.0 Å². The first-order chi connectivity index (χ1) is 6.31. The van der Waals surface area contributed by atoms with E-state index in [9.17, 15) is 0 Å². The number of pyridine rings is 1. The van der Waals surface area contributed by atoms with Gasteiger partial charge in [0.1, 0.15) is 5.15 Å². The standard InChI is InChI=1S/C11H10ClN/c1-2-10-9-6-4-3-5-8(9)7-11(12)13-10/h3-7H,2H2,1H3. The Kier molecular flexibility index (Phi) is 2.19. The van der Waals surface area contributed by atoms with E-state index in [0.29, 0.717) is 5.15 Å². The minimum atomic E-state index is 0.579. The van der Waals surface area contributed by atoms with Crippen LogP contribution in [0.15, 0.2) is 30.3 Å². The van der Waals surface area contributed by atoms with E-state index in [1.54, 1.807) is 0 Å². The summed E-state index contributed by atoms with van der Waals surface area (Å²) in [7, 11) is 0. The largest absolute Gasteiger partial charge is 0.241 e. The maximum atomic E-state index is 5.89. The highest BCUT2D eigenvalue weighted by Crippen LogP contribution is 2.20. The molecule has 0 atom stereocenters. The number of nitrogens with zero attached hydrogens (tertiary/aromatic N) is 1. The summed E-state index contributed by atoms with van der Waals surface area (Å²) in [6.45, 7) is 2.09. The number of hydrogen-bond acceptors (Lipinski definition) is 1. The second-order valence-electron chi connectivity index (χ2n) is 2.97. The molecule has 2 aromatic rings. The molecule has 0 saturated carbocycles. The van der Waals surface area contributed by atoms with Crippen LogP contribution in [0.2, 0.25) is 5.15 Å². The molecule has 13 heavy (non-hydrogen) atoms. The van der Waals surface area contributed by atoms with Gasteiger partial charge in [-0.1, -0.05) is 42.8 Å². The maximum Gasteiger partial charge on any atom is 0.129 e. The summed E-state index contributed by atoms with van der Waals surface area (Å²) in [5, 5.41) is 2.95. The van der Waals surface area contributed by atoms with Crippen LogP contribution in [0.25, 0.3) is 10.8 Å². The van der Waals surface area contributed by atoms with Crippen LogP contribution < -0.4 is 0 Å². The number of halogens is 1. The van der Waals surface area contributed by atoms with Crippen molar-refractivity contribution in [3.8, 4) is 0 Å². The molecule has 1 nitrogen and oxygen atoms in total. The van der Waals surface area contributed by atoms with Gasteiger partial charge in [0, 0.05) is 11.1 Å².